The summed E-state index contributed by atoms with van der Waals surface area (Å²) in [5, 5.41) is 14.7. The summed E-state index contributed by atoms with van der Waals surface area (Å²) in [5.41, 5.74) is 0.534. The van der Waals surface area contributed by atoms with E-state index in [4.69, 9.17) is 4.74 Å². The predicted octanol–water partition coefficient (Wildman–Crippen LogP) is 2.14. The molecule has 6 heteroatoms. The van der Waals surface area contributed by atoms with Crippen LogP contribution < -0.4 is 5.32 Å². The Kier molecular flexibility index (Phi) is 5.68. The lowest BCUT2D eigenvalue weighted by molar-refractivity contribution is -0.148. The Morgan fingerprint density at radius 3 is 2.55 bits per heavy atom. The number of hydrogen-bond acceptors (Lipinski definition) is 5. The van der Waals surface area contributed by atoms with Crippen LogP contribution in [0.4, 0.5) is 0 Å². The smallest absolute Gasteiger partial charge is 0.331 e. The maximum atomic E-state index is 12.1. The van der Waals surface area contributed by atoms with Crippen LogP contribution in [0, 0.1) is 0 Å². The molecule has 0 fully saturated rings. The first-order chi connectivity index (χ1) is 10.6. The predicted molar refractivity (Wildman–Crippen MR) is 83.6 cm³/mol. The molecule has 5 nitrogen and oxygen atoms in total. The minimum absolute atomic E-state index is 0.172. The fourth-order valence-corrected chi connectivity index (χ4v) is 2.59. The van der Waals surface area contributed by atoms with Crippen LogP contribution in [0.15, 0.2) is 47.8 Å². The lowest BCUT2D eigenvalue weighted by atomic mass is 10.0. The number of aliphatic hydroxyl groups is 1. The molecule has 22 heavy (non-hydrogen) atoms. The highest BCUT2D eigenvalue weighted by atomic mass is 32.1. The molecule has 0 radical (unpaired) electrons. The zero-order valence-electron chi connectivity index (χ0n) is 12.1. The number of rotatable bonds is 6. The number of ether oxygens (including phenoxy) is 1. The standard InChI is InChI=1S/C16H17NO4S/c1-2-21-16(20)13(14(18)11-7-4-3-5-8-11)17-15(19)12-9-6-10-22-12/h3-10,13-14,18H,2H2,1H3,(H,17,19). The SMILES string of the molecule is CCOC(=O)C(NC(=O)c1cccs1)C(O)c1ccccc1. The fraction of sp³-hybridized carbons (Fsp3) is 0.250. The molecular formula is C16H17NO4S. The normalized spacial score (nSPS) is 13.2. The third kappa shape index (κ3) is 3.93. The average Bonchev–Trinajstić information content (AvgIpc) is 3.07. The van der Waals surface area contributed by atoms with Gasteiger partial charge >= 0.3 is 5.97 Å². The van der Waals surface area contributed by atoms with Crippen molar-refractivity contribution in [2.75, 3.05) is 6.61 Å². The van der Waals surface area contributed by atoms with Crippen molar-refractivity contribution < 1.29 is 19.4 Å². The molecular weight excluding hydrogens is 302 g/mol. The lowest BCUT2D eigenvalue weighted by Crippen LogP contribution is -2.45. The van der Waals surface area contributed by atoms with E-state index in [0.717, 1.165) is 0 Å². The van der Waals surface area contributed by atoms with Crippen LogP contribution in [-0.4, -0.2) is 29.6 Å². The van der Waals surface area contributed by atoms with Crippen molar-refractivity contribution in [1.82, 2.24) is 5.32 Å². The first-order valence-corrected chi connectivity index (χ1v) is 7.75. The molecule has 116 valence electrons. The van der Waals surface area contributed by atoms with Crippen LogP contribution in [0.25, 0.3) is 0 Å². The third-order valence-electron chi connectivity index (χ3n) is 3.03. The monoisotopic (exact) mass is 319 g/mol. The van der Waals surface area contributed by atoms with Crippen LogP contribution in [0.5, 0.6) is 0 Å². The van der Waals surface area contributed by atoms with Crippen molar-refractivity contribution in [3.63, 3.8) is 0 Å². The van der Waals surface area contributed by atoms with Gasteiger partial charge in [-0.2, -0.15) is 0 Å². The summed E-state index contributed by atoms with van der Waals surface area (Å²) in [6.07, 6.45) is -1.18. The zero-order valence-corrected chi connectivity index (χ0v) is 12.9. The second-order valence-electron chi connectivity index (χ2n) is 4.54. The second kappa shape index (κ2) is 7.72. The Morgan fingerprint density at radius 2 is 1.95 bits per heavy atom. The quantitative estimate of drug-likeness (QED) is 0.800. The van der Waals surface area contributed by atoms with Gasteiger partial charge in [-0.25, -0.2) is 4.79 Å². The van der Waals surface area contributed by atoms with Crippen molar-refractivity contribution in [2.45, 2.75) is 19.1 Å². The van der Waals surface area contributed by atoms with Crippen LogP contribution >= 0.6 is 11.3 Å². The number of carbonyl (C=O) groups excluding carboxylic acids is 2. The minimum Gasteiger partial charge on any atom is -0.464 e. The summed E-state index contributed by atoms with van der Waals surface area (Å²) in [5.74, 6) is -1.08. The van der Waals surface area contributed by atoms with Gasteiger partial charge in [0.1, 0.15) is 6.10 Å². The van der Waals surface area contributed by atoms with Crippen molar-refractivity contribution in [1.29, 1.82) is 0 Å². The van der Waals surface area contributed by atoms with Gasteiger partial charge in [0, 0.05) is 0 Å². The second-order valence-corrected chi connectivity index (χ2v) is 5.48. The van der Waals surface area contributed by atoms with E-state index in [9.17, 15) is 14.7 Å². The molecule has 2 atom stereocenters. The van der Waals surface area contributed by atoms with Crippen LogP contribution in [0.2, 0.25) is 0 Å². The molecule has 2 N–H and O–H groups in total. The average molecular weight is 319 g/mol. The molecule has 2 aromatic rings. The number of aliphatic hydroxyl groups excluding tert-OH is 1. The van der Waals surface area contributed by atoms with Gasteiger partial charge < -0.3 is 15.2 Å². The van der Waals surface area contributed by atoms with Gasteiger partial charge in [-0.15, -0.1) is 11.3 Å². The van der Waals surface area contributed by atoms with Crippen LogP contribution in [0.3, 0.4) is 0 Å². The Balaban J connectivity index is 2.19. The number of esters is 1. The summed E-state index contributed by atoms with van der Waals surface area (Å²) in [6.45, 7) is 1.84. The fourth-order valence-electron chi connectivity index (χ4n) is 1.96. The van der Waals surface area contributed by atoms with Gasteiger partial charge in [-0.05, 0) is 23.9 Å². The molecule has 0 aliphatic rings. The molecule has 2 rings (SSSR count). The molecule has 0 spiro atoms. The van der Waals surface area contributed by atoms with Crippen molar-refractivity contribution in [3.8, 4) is 0 Å². The van der Waals surface area contributed by atoms with Gasteiger partial charge in [-0.3, -0.25) is 4.79 Å². The molecule has 0 saturated carbocycles. The highest BCUT2D eigenvalue weighted by molar-refractivity contribution is 7.12. The maximum absolute atomic E-state index is 12.1. The molecule has 1 amide bonds. The van der Waals surface area contributed by atoms with E-state index in [1.54, 1.807) is 54.8 Å². The van der Waals surface area contributed by atoms with E-state index in [0.29, 0.717) is 10.4 Å². The van der Waals surface area contributed by atoms with Gasteiger partial charge in [0.15, 0.2) is 6.04 Å². The Labute approximate surface area is 132 Å². The number of amides is 1. The summed E-state index contributed by atoms with van der Waals surface area (Å²) >= 11 is 1.26. The summed E-state index contributed by atoms with van der Waals surface area (Å²) in [4.78, 5) is 24.7. The summed E-state index contributed by atoms with van der Waals surface area (Å²) < 4.78 is 4.95. The highest BCUT2D eigenvalue weighted by Gasteiger charge is 2.31. The molecule has 2 unspecified atom stereocenters. The number of carbonyl (C=O) groups is 2. The molecule has 0 aliphatic carbocycles. The number of thiophene rings is 1. The highest BCUT2D eigenvalue weighted by Crippen LogP contribution is 2.19. The van der Waals surface area contributed by atoms with Crippen molar-refractivity contribution in [3.05, 3.63) is 58.3 Å². The molecule has 0 saturated heterocycles. The van der Waals surface area contributed by atoms with Gasteiger partial charge in [0.25, 0.3) is 5.91 Å². The van der Waals surface area contributed by atoms with Crippen LogP contribution in [0.1, 0.15) is 28.3 Å². The molecule has 1 heterocycles. The first kappa shape index (κ1) is 16.2. The molecule has 1 aromatic heterocycles. The molecule has 0 bridgehead atoms. The minimum atomic E-state index is -1.18. The first-order valence-electron chi connectivity index (χ1n) is 6.87. The van der Waals surface area contributed by atoms with Crippen LogP contribution in [-0.2, 0) is 9.53 Å². The Hall–Kier alpha value is -2.18. The van der Waals surface area contributed by atoms with Gasteiger partial charge in [0.05, 0.1) is 11.5 Å². The summed E-state index contributed by atoms with van der Waals surface area (Å²) in [6, 6.07) is 10.9. The van der Waals surface area contributed by atoms with E-state index >= 15 is 0 Å². The molecule has 1 aromatic carbocycles. The van der Waals surface area contributed by atoms with Gasteiger partial charge in [0.2, 0.25) is 0 Å². The van der Waals surface area contributed by atoms with E-state index < -0.39 is 24.0 Å². The zero-order chi connectivity index (χ0) is 15.9. The van der Waals surface area contributed by atoms with E-state index in [1.165, 1.54) is 11.3 Å². The van der Waals surface area contributed by atoms with E-state index in [-0.39, 0.29) is 6.61 Å². The number of nitrogens with one attached hydrogen (secondary N) is 1. The topological polar surface area (TPSA) is 75.6 Å². The Morgan fingerprint density at radius 1 is 1.23 bits per heavy atom. The third-order valence-corrected chi connectivity index (χ3v) is 3.90. The number of hydrogen-bond donors (Lipinski definition) is 2. The Bertz CT molecular complexity index is 612. The van der Waals surface area contributed by atoms with Crippen molar-refractivity contribution >= 4 is 23.2 Å². The van der Waals surface area contributed by atoms with E-state index in [2.05, 4.69) is 5.32 Å². The summed E-state index contributed by atoms with van der Waals surface area (Å²) in [7, 11) is 0. The van der Waals surface area contributed by atoms with Gasteiger partial charge in [-0.1, -0.05) is 36.4 Å². The molecule has 0 aliphatic heterocycles. The van der Waals surface area contributed by atoms with E-state index in [1.807, 2.05) is 0 Å². The number of benzene rings is 1. The lowest BCUT2D eigenvalue weighted by Gasteiger charge is -2.22. The maximum Gasteiger partial charge on any atom is 0.331 e. The van der Waals surface area contributed by atoms with Crippen molar-refractivity contribution in [2.24, 2.45) is 0 Å². The largest absolute Gasteiger partial charge is 0.464 e.